The molecule has 0 unspecified atom stereocenters. The van der Waals surface area contributed by atoms with Gasteiger partial charge in [-0.2, -0.15) is 0 Å². The lowest BCUT2D eigenvalue weighted by atomic mass is 9.83. The van der Waals surface area contributed by atoms with Crippen LogP contribution in [-0.2, 0) is 11.3 Å². The van der Waals surface area contributed by atoms with E-state index in [0.717, 1.165) is 30.8 Å². The minimum absolute atomic E-state index is 0.0833. The molecule has 12 heteroatoms. The largest absolute Gasteiger partial charge is 0.439 e. The van der Waals surface area contributed by atoms with Crippen molar-refractivity contribution < 1.29 is 13.7 Å². The molecule has 10 nitrogen and oxygen atoms in total. The van der Waals surface area contributed by atoms with Crippen molar-refractivity contribution in [2.45, 2.75) is 57.7 Å². The zero-order valence-corrected chi connectivity index (χ0v) is 22.7. The van der Waals surface area contributed by atoms with Gasteiger partial charge in [0.1, 0.15) is 12.4 Å². The molecule has 2 aliphatic rings. The van der Waals surface area contributed by atoms with Crippen molar-refractivity contribution in [1.82, 2.24) is 29.7 Å². The van der Waals surface area contributed by atoms with Crippen molar-refractivity contribution in [3.05, 3.63) is 40.1 Å². The number of methoxy groups -OCH3 is 1. The van der Waals surface area contributed by atoms with E-state index in [4.69, 9.17) is 30.8 Å². The van der Waals surface area contributed by atoms with Crippen molar-refractivity contribution in [3.8, 4) is 22.8 Å². The monoisotopic (exact) mass is 555 g/mol. The van der Waals surface area contributed by atoms with Crippen molar-refractivity contribution in [1.29, 1.82) is 0 Å². The SMILES string of the molecule is CO[C@@H]1C[C@H](CF)N(c2nc3cc(-c4noc(=O)[nH]4)nc(-c4cncc(Cl)c4)c3n2CC2CCC(C)CC2)C1. The summed E-state index contributed by atoms with van der Waals surface area (Å²) in [4.78, 5) is 30.6. The van der Waals surface area contributed by atoms with Gasteiger partial charge < -0.3 is 14.2 Å². The molecule has 0 spiro atoms. The predicted molar refractivity (Wildman–Crippen MR) is 146 cm³/mol. The van der Waals surface area contributed by atoms with Crippen LogP contribution in [0.1, 0.15) is 39.0 Å². The Morgan fingerprint density at radius 2 is 2.03 bits per heavy atom. The normalized spacial score (nSPS) is 23.6. The van der Waals surface area contributed by atoms with E-state index in [0.29, 0.717) is 52.3 Å². The Morgan fingerprint density at radius 3 is 2.72 bits per heavy atom. The standard InChI is InChI=1S/C27H31ClFN7O3/c1-15-3-5-16(6-4-15)13-36-24-21(32-26(36)35-14-20(38-2)8-19(35)10-29)9-22(25-33-27(37)39-34-25)31-23(24)17-7-18(28)12-30-11-17/h7,9,11-12,15-16,19-20H,3-6,8,10,13-14H2,1-2H3,(H,33,34,37)/t15?,16?,19-,20-/m1/s1. The van der Waals surface area contributed by atoms with Gasteiger partial charge in [-0.1, -0.05) is 36.5 Å². The van der Waals surface area contributed by atoms with Crippen LogP contribution in [-0.4, -0.2) is 62.1 Å². The molecule has 1 aliphatic carbocycles. The Morgan fingerprint density at radius 1 is 1.21 bits per heavy atom. The number of hydrogen-bond acceptors (Lipinski definition) is 8. The van der Waals surface area contributed by atoms with Crippen LogP contribution >= 0.6 is 11.6 Å². The summed E-state index contributed by atoms with van der Waals surface area (Å²) in [5.41, 5.74) is 3.15. The van der Waals surface area contributed by atoms with E-state index in [1.807, 2.05) is 4.90 Å². The number of hydrogen-bond donors (Lipinski definition) is 1. The molecule has 0 aromatic carbocycles. The molecule has 1 saturated heterocycles. The summed E-state index contributed by atoms with van der Waals surface area (Å²) < 4.78 is 26.8. The molecule has 39 heavy (non-hydrogen) atoms. The summed E-state index contributed by atoms with van der Waals surface area (Å²) in [7, 11) is 1.66. The minimum Gasteiger partial charge on any atom is -0.380 e. The van der Waals surface area contributed by atoms with Gasteiger partial charge in [0, 0.05) is 38.2 Å². The van der Waals surface area contributed by atoms with Gasteiger partial charge in [-0.3, -0.25) is 14.5 Å². The number of H-pyrrole nitrogens is 1. The average Bonchev–Trinajstić information content (AvgIpc) is 3.66. The maximum Gasteiger partial charge on any atom is 0.439 e. The third kappa shape index (κ3) is 5.05. The number of ether oxygens (including phenoxy) is 1. The topological polar surface area (TPSA) is 115 Å². The first kappa shape index (κ1) is 25.9. The van der Waals surface area contributed by atoms with E-state index in [9.17, 15) is 9.18 Å². The van der Waals surface area contributed by atoms with Crippen molar-refractivity contribution >= 4 is 28.6 Å². The number of nitrogens with zero attached hydrogens (tertiary/aromatic N) is 6. The number of aromatic nitrogens is 6. The second-order valence-corrected chi connectivity index (χ2v) is 11.2. The Kier molecular flexibility index (Phi) is 7.11. The molecule has 0 radical (unpaired) electrons. The van der Waals surface area contributed by atoms with E-state index >= 15 is 0 Å². The number of halogens is 2. The van der Waals surface area contributed by atoms with E-state index < -0.39 is 12.4 Å². The first-order valence-electron chi connectivity index (χ1n) is 13.4. The van der Waals surface area contributed by atoms with E-state index in [2.05, 4.69) is 26.6 Å². The number of aromatic amines is 1. The molecule has 1 aliphatic heterocycles. The average molecular weight is 556 g/mol. The summed E-state index contributed by atoms with van der Waals surface area (Å²) in [6.45, 7) is 3.08. The van der Waals surface area contributed by atoms with Crippen LogP contribution in [0, 0.1) is 11.8 Å². The number of pyridine rings is 2. The second-order valence-electron chi connectivity index (χ2n) is 10.8. The quantitative estimate of drug-likeness (QED) is 0.343. The molecule has 2 fully saturated rings. The first-order valence-corrected chi connectivity index (χ1v) is 13.7. The molecule has 206 valence electrons. The van der Waals surface area contributed by atoms with Gasteiger partial charge in [-0.05, 0) is 43.2 Å². The minimum atomic E-state index is -0.677. The first-order chi connectivity index (χ1) is 18.9. The number of nitrogens with one attached hydrogen (secondary N) is 1. The van der Waals surface area contributed by atoms with Gasteiger partial charge in [0.2, 0.25) is 11.8 Å². The molecule has 4 aromatic heterocycles. The Balaban J connectivity index is 1.57. The van der Waals surface area contributed by atoms with Gasteiger partial charge >= 0.3 is 5.76 Å². The van der Waals surface area contributed by atoms with E-state index in [1.54, 1.807) is 31.6 Å². The zero-order chi connectivity index (χ0) is 27.1. The molecular weight excluding hydrogens is 525 g/mol. The van der Waals surface area contributed by atoms with Gasteiger partial charge in [-0.15, -0.1) is 0 Å². The Labute approximate surface area is 229 Å². The van der Waals surface area contributed by atoms with Crippen LogP contribution < -0.4 is 10.7 Å². The number of alkyl halides is 1. The van der Waals surface area contributed by atoms with Crippen LogP contribution in [0.25, 0.3) is 33.8 Å². The lowest BCUT2D eigenvalue weighted by molar-refractivity contribution is 0.117. The Hall–Kier alpha value is -3.31. The maximum absolute atomic E-state index is 14.3. The summed E-state index contributed by atoms with van der Waals surface area (Å²) in [6.07, 6.45) is 8.37. The zero-order valence-electron chi connectivity index (χ0n) is 21.9. The van der Waals surface area contributed by atoms with E-state index in [-0.39, 0.29) is 18.0 Å². The van der Waals surface area contributed by atoms with Crippen LogP contribution in [0.2, 0.25) is 5.02 Å². The third-order valence-corrected chi connectivity index (χ3v) is 8.29. The predicted octanol–water partition coefficient (Wildman–Crippen LogP) is 4.88. The second kappa shape index (κ2) is 10.7. The smallest absolute Gasteiger partial charge is 0.380 e. The van der Waals surface area contributed by atoms with Crippen LogP contribution in [0.15, 0.2) is 33.8 Å². The van der Waals surface area contributed by atoms with Gasteiger partial charge in [0.15, 0.2) is 0 Å². The molecule has 1 saturated carbocycles. The highest BCUT2D eigenvalue weighted by molar-refractivity contribution is 6.30. The highest BCUT2D eigenvalue weighted by Gasteiger charge is 2.36. The van der Waals surface area contributed by atoms with Gasteiger partial charge in [0.25, 0.3) is 0 Å². The van der Waals surface area contributed by atoms with Crippen molar-refractivity contribution in [3.63, 3.8) is 0 Å². The molecule has 0 amide bonds. The highest BCUT2D eigenvalue weighted by atomic mass is 35.5. The molecule has 5 heterocycles. The van der Waals surface area contributed by atoms with Crippen LogP contribution in [0.4, 0.5) is 10.3 Å². The molecule has 0 bridgehead atoms. The van der Waals surface area contributed by atoms with Gasteiger partial charge in [0.05, 0.1) is 33.9 Å². The number of fused-ring (bicyclic) bond motifs is 1. The lowest BCUT2D eigenvalue weighted by Gasteiger charge is -2.29. The summed E-state index contributed by atoms with van der Waals surface area (Å²) in [5, 5.41) is 4.31. The number of rotatable bonds is 7. The third-order valence-electron chi connectivity index (χ3n) is 8.09. The maximum atomic E-state index is 14.3. The van der Waals surface area contributed by atoms with Crippen molar-refractivity contribution in [2.75, 3.05) is 25.2 Å². The molecule has 1 N–H and O–H groups in total. The fourth-order valence-corrected chi connectivity index (χ4v) is 6.12. The molecule has 4 aromatic rings. The number of imidazole rings is 1. The fraction of sp³-hybridized carbons (Fsp3) is 0.519. The van der Waals surface area contributed by atoms with E-state index in [1.165, 1.54) is 12.8 Å². The van der Waals surface area contributed by atoms with Gasteiger partial charge in [-0.25, -0.2) is 19.2 Å². The summed E-state index contributed by atoms with van der Waals surface area (Å²) >= 11 is 6.34. The number of anilines is 1. The summed E-state index contributed by atoms with van der Waals surface area (Å²) in [5.74, 6) is 1.38. The molecule has 2 atom stereocenters. The highest BCUT2D eigenvalue weighted by Crippen LogP contribution is 2.38. The Bertz CT molecular complexity index is 1530. The van der Waals surface area contributed by atoms with Crippen molar-refractivity contribution in [2.24, 2.45) is 11.8 Å². The lowest BCUT2D eigenvalue weighted by Crippen LogP contribution is -2.34. The van der Waals surface area contributed by atoms with Crippen LogP contribution in [0.5, 0.6) is 0 Å². The molecular formula is C27H31ClFN7O3. The summed E-state index contributed by atoms with van der Waals surface area (Å²) in [6, 6.07) is 3.24. The fourth-order valence-electron chi connectivity index (χ4n) is 5.95. The van der Waals surface area contributed by atoms with Crippen LogP contribution in [0.3, 0.4) is 0 Å². The molecule has 6 rings (SSSR count).